The van der Waals surface area contributed by atoms with E-state index in [9.17, 15) is 14.0 Å². The first-order valence-corrected chi connectivity index (χ1v) is 10.7. The Bertz CT molecular complexity index is 1010. The zero-order valence-corrected chi connectivity index (χ0v) is 16.8. The van der Waals surface area contributed by atoms with Crippen molar-refractivity contribution in [1.29, 1.82) is 0 Å². The molecule has 2 aromatic carbocycles. The van der Waals surface area contributed by atoms with Gasteiger partial charge in [-0.25, -0.2) is 4.39 Å². The minimum Gasteiger partial charge on any atom is -0.344 e. The van der Waals surface area contributed by atoms with Crippen LogP contribution in [0.3, 0.4) is 0 Å². The van der Waals surface area contributed by atoms with Gasteiger partial charge in [-0.1, -0.05) is 30.3 Å². The fraction of sp³-hybridized carbons (Fsp3) is 0.250. The van der Waals surface area contributed by atoms with Gasteiger partial charge >= 0.3 is 0 Å². The highest BCUT2D eigenvalue weighted by atomic mass is 32.1. The van der Waals surface area contributed by atoms with Gasteiger partial charge in [0.15, 0.2) is 5.78 Å². The third-order valence-electron chi connectivity index (χ3n) is 5.34. The minimum absolute atomic E-state index is 0.00990. The molecule has 1 aliphatic carbocycles. The summed E-state index contributed by atoms with van der Waals surface area (Å²) < 4.78 is 13.3. The number of rotatable bonds is 7. The van der Waals surface area contributed by atoms with Gasteiger partial charge in [-0.3, -0.25) is 9.59 Å². The van der Waals surface area contributed by atoms with E-state index in [0.717, 1.165) is 29.7 Å². The Balaban J connectivity index is 1.40. The van der Waals surface area contributed by atoms with Gasteiger partial charge in [0.25, 0.3) is 0 Å². The minimum atomic E-state index is -0.349. The van der Waals surface area contributed by atoms with Crippen LogP contribution in [0.4, 0.5) is 4.39 Å². The Morgan fingerprint density at radius 3 is 2.55 bits per heavy atom. The Morgan fingerprint density at radius 2 is 1.79 bits per heavy atom. The Kier molecular flexibility index (Phi) is 5.86. The fourth-order valence-electron chi connectivity index (χ4n) is 3.78. The third kappa shape index (κ3) is 4.62. The first kappa shape index (κ1) is 19.5. The summed E-state index contributed by atoms with van der Waals surface area (Å²) >= 11 is 1.53. The molecule has 1 atom stereocenters. The normalized spacial score (nSPS) is 13.7. The van der Waals surface area contributed by atoms with Crippen molar-refractivity contribution in [2.75, 3.05) is 0 Å². The summed E-state index contributed by atoms with van der Waals surface area (Å²) in [6.45, 7) is 0. The van der Waals surface area contributed by atoms with E-state index in [-0.39, 0.29) is 36.4 Å². The molecule has 0 saturated carbocycles. The molecule has 0 aliphatic heterocycles. The second-order valence-electron chi connectivity index (χ2n) is 7.33. The van der Waals surface area contributed by atoms with Crippen LogP contribution in [0.1, 0.15) is 57.2 Å². The first-order valence-electron chi connectivity index (χ1n) is 9.83. The van der Waals surface area contributed by atoms with E-state index in [2.05, 4.69) is 5.32 Å². The molecule has 29 heavy (non-hydrogen) atoms. The van der Waals surface area contributed by atoms with E-state index in [1.54, 1.807) is 12.1 Å². The summed E-state index contributed by atoms with van der Waals surface area (Å²) in [7, 11) is 0. The highest BCUT2D eigenvalue weighted by Gasteiger charge is 2.19. The molecule has 5 heteroatoms. The van der Waals surface area contributed by atoms with Crippen LogP contribution in [0.5, 0.6) is 0 Å². The summed E-state index contributed by atoms with van der Waals surface area (Å²) in [6, 6.07) is 15.5. The molecular formula is C24H22FNO2S. The molecule has 0 bridgehead atoms. The smallest absolute Gasteiger partial charge is 0.221 e. The lowest BCUT2D eigenvalue weighted by Crippen LogP contribution is -2.29. The van der Waals surface area contributed by atoms with Crippen LogP contribution >= 0.6 is 11.3 Å². The number of Topliss-reactive ketones (excluding diaryl/α,β-unsaturated/α-hetero) is 1. The van der Waals surface area contributed by atoms with Crippen LogP contribution in [-0.2, 0) is 17.6 Å². The lowest BCUT2D eigenvalue weighted by atomic mass is 10.0. The van der Waals surface area contributed by atoms with Gasteiger partial charge in [0.05, 0.1) is 6.04 Å². The summed E-state index contributed by atoms with van der Waals surface area (Å²) in [5.41, 5.74) is 4.09. The zero-order chi connectivity index (χ0) is 20.2. The standard InChI is InChI=1S/C24H22FNO2S/c25-20-10-8-17(9-11-20)24(22-5-2-14-29-22)26-23(28)13-12-21(27)19-7-6-16-3-1-4-18(16)15-19/h2,5-11,14-15,24H,1,3-4,12-13H2,(H,26,28). The second-order valence-corrected chi connectivity index (χ2v) is 8.31. The van der Waals surface area contributed by atoms with E-state index >= 15 is 0 Å². The van der Waals surface area contributed by atoms with Gasteiger partial charge in [-0.2, -0.15) is 0 Å². The second kappa shape index (κ2) is 8.70. The number of hydrogen-bond acceptors (Lipinski definition) is 3. The van der Waals surface area contributed by atoms with Crippen LogP contribution in [0, 0.1) is 5.82 Å². The fourth-order valence-corrected chi connectivity index (χ4v) is 4.58. The molecule has 1 aromatic heterocycles. The van der Waals surface area contributed by atoms with E-state index < -0.39 is 0 Å². The quantitative estimate of drug-likeness (QED) is 0.544. The van der Waals surface area contributed by atoms with Crippen molar-refractivity contribution < 1.29 is 14.0 Å². The predicted molar refractivity (Wildman–Crippen MR) is 113 cm³/mol. The summed E-state index contributed by atoms with van der Waals surface area (Å²) in [5.74, 6) is -0.517. The van der Waals surface area contributed by atoms with E-state index in [4.69, 9.17) is 0 Å². The van der Waals surface area contributed by atoms with Gasteiger partial charge in [0.2, 0.25) is 5.91 Å². The van der Waals surface area contributed by atoms with Crippen molar-refractivity contribution >= 4 is 23.0 Å². The molecule has 3 aromatic rings. The van der Waals surface area contributed by atoms with Gasteiger partial charge in [0, 0.05) is 23.3 Å². The topological polar surface area (TPSA) is 46.2 Å². The number of amides is 1. The molecule has 0 radical (unpaired) electrons. The molecular weight excluding hydrogens is 385 g/mol. The van der Waals surface area contributed by atoms with Crippen LogP contribution in [0.2, 0.25) is 0 Å². The maximum atomic E-state index is 13.3. The monoisotopic (exact) mass is 407 g/mol. The zero-order valence-electron chi connectivity index (χ0n) is 16.0. The van der Waals surface area contributed by atoms with Crippen LogP contribution < -0.4 is 5.32 Å². The molecule has 1 amide bonds. The molecule has 148 valence electrons. The van der Waals surface area contributed by atoms with Crippen molar-refractivity contribution in [3.63, 3.8) is 0 Å². The summed E-state index contributed by atoms with van der Waals surface area (Å²) in [4.78, 5) is 26.1. The molecule has 1 unspecified atom stereocenters. The Labute approximate surface area is 173 Å². The van der Waals surface area contributed by atoms with Crippen molar-refractivity contribution in [3.05, 3.63) is 92.9 Å². The highest BCUT2D eigenvalue weighted by molar-refractivity contribution is 7.10. The lowest BCUT2D eigenvalue weighted by Gasteiger charge is -2.18. The van der Waals surface area contributed by atoms with Crippen molar-refractivity contribution in [2.45, 2.75) is 38.1 Å². The number of fused-ring (bicyclic) bond motifs is 1. The first-order chi connectivity index (χ1) is 14.1. The van der Waals surface area contributed by atoms with Crippen LogP contribution in [0.15, 0.2) is 60.0 Å². The summed E-state index contributed by atoms with van der Waals surface area (Å²) in [5, 5.41) is 4.94. The van der Waals surface area contributed by atoms with Crippen molar-refractivity contribution in [2.24, 2.45) is 0 Å². The number of ketones is 1. The van der Waals surface area contributed by atoms with E-state index in [0.29, 0.717) is 5.56 Å². The van der Waals surface area contributed by atoms with Crippen molar-refractivity contribution in [1.82, 2.24) is 5.32 Å². The van der Waals surface area contributed by atoms with Crippen molar-refractivity contribution in [3.8, 4) is 0 Å². The number of nitrogens with one attached hydrogen (secondary N) is 1. The van der Waals surface area contributed by atoms with Gasteiger partial charge in [-0.15, -0.1) is 11.3 Å². The number of hydrogen-bond donors (Lipinski definition) is 1. The number of thiophene rings is 1. The number of aryl methyl sites for hydroxylation is 2. The van der Waals surface area contributed by atoms with E-state index in [1.165, 1.54) is 34.6 Å². The third-order valence-corrected chi connectivity index (χ3v) is 6.27. The van der Waals surface area contributed by atoms with Gasteiger partial charge < -0.3 is 5.32 Å². The molecule has 1 heterocycles. The average molecular weight is 408 g/mol. The van der Waals surface area contributed by atoms with Gasteiger partial charge in [0.1, 0.15) is 5.82 Å². The molecule has 0 spiro atoms. The molecule has 4 rings (SSSR count). The maximum absolute atomic E-state index is 13.3. The molecule has 1 N–H and O–H groups in total. The predicted octanol–water partition coefficient (Wildman–Crippen LogP) is 5.24. The SMILES string of the molecule is O=C(CCC(=O)c1ccc2c(c1)CCC2)NC(c1ccc(F)cc1)c1cccs1. The molecule has 1 aliphatic rings. The number of benzene rings is 2. The molecule has 0 fully saturated rings. The van der Waals surface area contributed by atoms with Crippen LogP contribution in [0.25, 0.3) is 0 Å². The highest BCUT2D eigenvalue weighted by Crippen LogP contribution is 2.27. The van der Waals surface area contributed by atoms with Crippen LogP contribution in [-0.4, -0.2) is 11.7 Å². The Morgan fingerprint density at radius 1 is 1.00 bits per heavy atom. The number of carbonyl (C=O) groups is 2. The summed E-state index contributed by atoms with van der Waals surface area (Å²) in [6.07, 6.45) is 3.55. The largest absolute Gasteiger partial charge is 0.344 e. The Hall–Kier alpha value is -2.79. The lowest BCUT2D eigenvalue weighted by molar-refractivity contribution is -0.121. The maximum Gasteiger partial charge on any atom is 0.221 e. The molecule has 3 nitrogen and oxygen atoms in total. The number of halogens is 1. The number of carbonyl (C=O) groups excluding carboxylic acids is 2. The van der Waals surface area contributed by atoms with E-state index in [1.807, 2.05) is 35.7 Å². The van der Waals surface area contributed by atoms with Gasteiger partial charge in [-0.05, 0) is 65.6 Å². The molecule has 0 saturated heterocycles. The average Bonchev–Trinajstić information content (AvgIpc) is 3.42.